The van der Waals surface area contributed by atoms with E-state index in [9.17, 15) is 4.79 Å². The monoisotopic (exact) mass is 203 g/mol. The Morgan fingerprint density at radius 1 is 1.29 bits per heavy atom. The lowest BCUT2D eigenvalue weighted by molar-refractivity contribution is -0.127. The van der Waals surface area contributed by atoms with Crippen LogP contribution >= 0.6 is 0 Å². The third-order valence-corrected chi connectivity index (χ3v) is 2.00. The highest BCUT2D eigenvalue weighted by atomic mass is 16.7. The van der Waals surface area contributed by atoms with Gasteiger partial charge in [-0.3, -0.25) is 4.79 Å². The standard InChI is InChI=1S/C10H21NO3/c1-4-5-6-7-9(12)11-8-10(13-2)14-3/h10H,4-8H2,1-3H3,(H,11,12). The van der Waals surface area contributed by atoms with E-state index in [1.807, 2.05) is 0 Å². The molecule has 0 spiro atoms. The van der Waals surface area contributed by atoms with Gasteiger partial charge in [0.2, 0.25) is 5.91 Å². The summed E-state index contributed by atoms with van der Waals surface area (Å²) in [5.41, 5.74) is 0. The smallest absolute Gasteiger partial charge is 0.220 e. The Morgan fingerprint density at radius 3 is 2.43 bits per heavy atom. The van der Waals surface area contributed by atoms with Gasteiger partial charge < -0.3 is 14.8 Å². The number of ether oxygens (including phenoxy) is 2. The van der Waals surface area contributed by atoms with E-state index < -0.39 is 0 Å². The van der Waals surface area contributed by atoms with Gasteiger partial charge in [-0.15, -0.1) is 0 Å². The summed E-state index contributed by atoms with van der Waals surface area (Å²) in [6.45, 7) is 2.53. The third kappa shape index (κ3) is 6.86. The number of rotatable bonds is 8. The van der Waals surface area contributed by atoms with Crippen LogP contribution in [0.25, 0.3) is 0 Å². The first-order chi connectivity index (χ1) is 6.74. The molecule has 0 saturated heterocycles. The fourth-order valence-corrected chi connectivity index (χ4v) is 1.08. The zero-order valence-electron chi connectivity index (χ0n) is 9.34. The number of methoxy groups -OCH3 is 2. The zero-order chi connectivity index (χ0) is 10.8. The maximum absolute atomic E-state index is 11.2. The van der Waals surface area contributed by atoms with Crippen molar-refractivity contribution in [1.29, 1.82) is 0 Å². The highest BCUT2D eigenvalue weighted by Crippen LogP contribution is 1.98. The molecule has 0 unspecified atom stereocenters. The minimum absolute atomic E-state index is 0.0672. The second-order valence-corrected chi connectivity index (χ2v) is 3.16. The number of hydrogen-bond donors (Lipinski definition) is 1. The molecule has 0 radical (unpaired) electrons. The van der Waals surface area contributed by atoms with Gasteiger partial charge in [-0.2, -0.15) is 0 Å². The van der Waals surface area contributed by atoms with E-state index in [0.29, 0.717) is 13.0 Å². The van der Waals surface area contributed by atoms with Crippen LogP contribution in [0.3, 0.4) is 0 Å². The van der Waals surface area contributed by atoms with Gasteiger partial charge in [0.25, 0.3) is 0 Å². The van der Waals surface area contributed by atoms with Crippen molar-refractivity contribution in [2.24, 2.45) is 0 Å². The van der Waals surface area contributed by atoms with Crippen molar-refractivity contribution in [1.82, 2.24) is 5.32 Å². The van der Waals surface area contributed by atoms with Gasteiger partial charge in [0.15, 0.2) is 6.29 Å². The Kier molecular flexibility index (Phi) is 8.57. The summed E-state index contributed by atoms with van der Waals surface area (Å²) in [5.74, 6) is 0.0672. The Labute approximate surface area is 86.0 Å². The van der Waals surface area contributed by atoms with E-state index in [1.165, 1.54) is 0 Å². The summed E-state index contributed by atoms with van der Waals surface area (Å²) in [5, 5.41) is 2.75. The number of amides is 1. The van der Waals surface area contributed by atoms with Crippen LogP contribution < -0.4 is 5.32 Å². The summed E-state index contributed by atoms with van der Waals surface area (Å²) >= 11 is 0. The molecule has 0 atom stereocenters. The van der Waals surface area contributed by atoms with Gasteiger partial charge in [0.05, 0.1) is 6.54 Å². The highest BCUT2D eigenvalue weighted by Gasteiger charge is 2.06. The lowest BCUT2D eigenvalue weighted by atomic mass is 10.2. The summed E-state index contributed by atoms with van der Waals surface area (Å²) < 4.78 is 9.88. The van der Waals surface area contributed by atoms with E-state index in [-0.39, 0.29) is 12.2 Å². The molecule has 0 aliphatic heterocycles. The van der Waals surface area contributed by atoms with E-state index in [4.69, 9.17) is 9.47 Å². The molecular formula is C10H21NO3. The lowest BCUT2D eigenvalue weighted by Gasteiger charge is -2.13. The van der Waals surface area contributed by atoms with Crippen molar-refractivity contribution in [2.75, 3.05) is 20.8 Å². The number of unbranched alkanes of at least 4 members (excludes halogenated alkanes) is 2. The first-order valence-electron chi connectivity index (χ1n) is 5.06. The fraction of sp³-hybridized carbons (Fsp3) is 0.900. The van der Waals surface area contributed by atoms with E-state index in [1.54, 1.807) is 14.2 Å². The van der Waals surface area contributed by atoms with Gasteiger partial charge in [0.1, 0.15) is 0 Å². The maximum atomic E-state index is 11.2. The van der Waals surface area contributed by atoms with Crippen molar-refractivity contribution >= 4 is 5.91 Å². The topological polar surface area (TPSA) is 47.6 Å². The number of hydrogen-bond acceptors (Lipinski definition) is 3. The predicted octanol–water partition coefficient (Wildman–Crippen LogP) is 1.30. The predicted molar refractivity (Wildman–Crippen MR) is 55.0 cm³/mol. The zero-order valence-corrected chi connectivity index (χ0v) is 9.34. The maximum Gasteiger partial charge on any atom is 0.220 e. The molecule has 14 heavy (non-hydrogen) atoms. The normalized spacial score (nSPS) is 10.6. The molecule has 0 aromatic heterocycles. The molecule has 0 aromatic rings. The average molecular weight is 203 g/mol. The minimum Gasteiger partial charge on any atom is -0.354 e. The van der Waals surface area contributed by atoms with Crippen LogP contribution in [-0.4, -0.2) is 33.0 Å². The van der Waals surface area contributed by atoms with Crippen LogP contribution in [0.4, 0.5) is 0 Å². The van der Waals surface area contributed by atoms with Crippen LogP contribution in [0.1, 0.15) is 32.6 Å². The molecule has 0 bridgehead atoms. The number of carbonyl (C=O) groups excluding carboxylic acids is 1. The molecule has 0 rings (SSSR count). The second kappa shape index (κ2) is 8.97. The molecule has 4 heteroatoms. The average Bonchev–Trinajstić information content (AvgIpc) is 2.20. The number of nitrogens with one attached hydrogen (secondary N) is 1. The van der Waals surface area contributed by atoms with Crippen LogP contribution in [-0.2, 0) is 14.3 Å². The molecule has 0 saturated carbocycles. The molecule has 0 aliphatic rings. The summed E-state index contributed by atoms with van der Waals surface area (Å²) in [4.78, 5) is 11.2. The van der Waals surface area contributed by atoms with Gasteiger partial charge in [-0.25, -0.2) is 0 Å². The highest BCUT2D eigenvalue weighted by molar-refractivity contribution is 5.75. The Morgan fingerprint density at radius 2 is 1.93 bits per heavy atom. The SMILES string of the molecule is CCCCCC(=O)NCC(OC)OC. The largest absolute Gasteiger partial charge is 0.354 e. The summed E-state index contributed by atoms with van der Waals surface area (Å²) in [6, 6.07) is 0. The molecule has 0 aromatic carbocycles. The van der Waals surface area contributed by atoms with E-state index in [2.05, 4.69) is 12.2 Å². The number of carbonyl (C=O) groups is 1. The van der Waals surface area contributed by atoms with Crippen molar-refractivity contribution in [3.63, 3.8) is 0 Å². The lowest BCUT2D eigenvalue weighted by Crippen LogP contribution is -2.33. The molecule has 84 valence electrons. The van der Waals surface area contributed by atoms with Gasteiger partial charge in [-0.1, -0.05) is 19.8 Å². The quantitative estimate of drug-likeness (QED) is 0.478. The molecular weight excluding hydrogens is 182 g/mol. The Bertz CT molecular complexity index is 146. The first kappa shape index (κ1) is 13.4. The van der Waals surface area contributed by atoms with Crippen molar-refractivity contribution in [2.45, 2.75) is 38.9 Å². The van der Waals surface area contributed by atoms with Gasteiger partial charge >= 0.3 is 0 Å². The van der Waals surface area contributed by atoms with Crippen molar-refractivity contribution < 1.29 is 14.3 Å². The fourth-order valence-electron chi connectivity index (χ4n) is 1.08. The molecule has 4 nitrogen and oxygen atoms in total. The Balaban J connectivity index is 3.42. The first-order valence-corrected chi connectivity index (χ1v) is 5.06. The van der Waals surface area contributed by atoms with E-state index >= 15 is 0 Å². The second-order valence-electron chi connectivity index (χ2n) is 3.16. The van der Waals surface area contributed by atoms with Crippen molar-refractivity contribution in [3.8, 4) is 0 Å². The summed E-state index contributed by atoms with van der Waals surface area (Å²) in [7, 11) is 3.11. The van der Waals surface area contributed by atoms with Crippen LogP contribution in [0.2, 0.25) is 0 Å². The van der Waals surface area contributed by atoms with Gasteiger partial charge in [-0.05, 0) is 6.42 Å². The molecule has 0 heterocycles. The summed E-state index contributed by atoms with van der Waals surface area (Å²) in [6.07, 6.45) is 3.43. The Hall–Kier alpha value is -0.610. The molecule has 1 amide bonds. The van der Waals surface area contributed by atoms with Gasteiger partial charge in [0, 0.05) is 20.6 Å². The molecule has 0 aliphatic carbocycles. The van der Waals surface area contributed by atoms with Crippen molar-refractivity contribution in [3.05, 3.63) is 0 Å². The van der Waals surface area contributed by atoms with Crippen LogP contribution in [0.5, 0.6) is 0 Å². The van der Waals surface area contributed by atoms with Crippen LogP contribution in [0.15, 0.2) is 0 Å². The minimum atomic E-state index is -0.342. The third-order valence-electron chi connectivity index (χ3n) is 2.00. The van der Waals surface area contributed by atoms with Crippen LogP contribution in [0, 0.1) is 0 Å². The molecule has 1 N–H and O–H groups in total. The molecule has 0 fully saturated rings. The van der Waals surface area contributed by atoms with E-state index in [0.717, 1.165) is 19.3 Å².